The predicted molar refractivity (Wildman–Crippen MR) is 86.7 cm³/mol. The number of hydrogen-bond acceptors (Lipinski definition) is 6. The molecule has 0 saturated carbocycles. The van der Waals surface area contributed by atoms with E-state index >= 15 is 0 Å². The molecule has 24 heavy (non-hydrogen) atoms. The predicted octanol–water partition coefficient (Wildman–Crippen LogP) is 3.70. The van der Waals surface area contributed by atoms with E-state index in [-0.39, 0.29) is 12.5 Å². The van der Waals surface area contributed by atoms with E-state index in [0.717, 1.165) is 16.9 Å². The minimum absolute atomic E-state index is 0.0825. The maximum atomic E-state index is 11.7. The van der Waals surface area contributed by atoms with Gasteiger partial charge in [0.15, 0.2) is 6.61 Å². The molecule has 3 aromatic rings. The standard InChI is InChI=1S/C18H16N2O4/c1-12-10-15(13(2)23-12)18-20-19-16(24-18)11-22-17(21)9-8-14-6-4-3-5-7-14/h3-10H,11H2,1-2H3/b9-8+. The van der Waals surface area contributed by atoms with Gasteiger partial charge < -0.3 is 13.6 Å². The summed E-state index contributed by atoms with van der Waals surface area (Å²) in [5.74, 6) is 1.55. The lowest BCUT2D eigenvalue weighted by Gasteiger charge is -1.97. The van der Waals surface area contributed by atoms with Gasteiger partial charge in [0.25, 0.3) is 11.8 Å². The van der Waals surface area contributed by atoms with Crippen LogP contribution in [0.2, 0.25) is 0 Å². The SMILES string of the molecule is Cc1cc(-c2nnc(COC(=O)/C=C/c3ccccc3)o2)c(C)o1. The van der Waals surface area contributed by atoms with E-state index in [2.05, 4.69) is 10.2 Å². The van der Waals surface area contributed by atoms with Gasteiger partial charge in [-0.05, 0) is 31.6 Å². The number of nitrogens with zero attached hydrogens (tertiary/aromatic N) is 2. The van der Waals surface area contributed by atoms with E-state index in [0.29, 0.717) is 11.7 Å². The van der Waals surface area contributed by atoms with Crippen molar-refractivity contribution in [2.75, 3.05) is 0 Å². The van der Waals surface area contributed by atoms with Gasteiger partial charge in [-0.2, -0.15) is 0 Å². The highest BCUT2D eigenvalue weighted by Gasteiger charge is 2.15. The minimum atomic E-state index is -0.478. The Hall–Kier alpha value is -3.15. The Bertz CT molecular complexity index is 862. The van der Waals surface area contributed by atoms with E-state index in [1.54, 1.807) is 6.08 Å². The quantitative estimate of drug-likeness (QED) is 0.526. The van der Waals surface area contributed by atoms with Crippen LogP contribution in [0.15, 0.2) is 51.3 Å². The van der Waals surface area contributed by atoms with Crippen LogP contribution in [0.4, 0.5) is 0 Å². The summed E-state index contributed by atoms with van der Waals surface area (Å²) in [5.41, 5.74) is 1.65. The average Bonchev–Trinajstić information content (AvgIpc) is 3.18. The first-order chi connectivity index (χ1) is 11.6. The van der Waals surface area contributed by atoms with Gasteiger partial charge in [-0.25, -0.2) is 4.79 Å². The maximum Gasteiger partial charge on any atom is 0.331 e. The summed E-state index contributed by atoms with van der Waals surface area (Å²) in [5, 5.41) is 7.82. The zero-order valence-corrected chi connectivity index (χ0v) is 13.4. The van der Waals surface area contributed by atoms with Crippen molar-refractivity contribution in [1.82, 2.24) is 10.2 Å². The van der Waals surface area contributed by atoms with E-state index < -0.39 is 5.97 Å². The van der Waals surface area contributed by atoms with Gasteiger partial charge in [-0.1, -0.05) is 30.3 Å². The normalized spacial score (nSPS) is 11.1. The summed E-state index contributed by atoms with van der Waals surface area (Å²) in [6.07, 6.45) is 3.04. The number of aromatic nitrogens is 2. The van der Waals surface area contributed by atoms with Crippen molar-refractivity contribution in [2.24, 2.45) is 0 Å². The molecule has 0 aliphatic heterocycles. The van der Waals surface area contributed by atoms with Crippen molar-refractivity contribution in [3.8, 4) is 11.5 Å². The minimum Gasteiger partial charge on any atom is -0.466 e. The number of ether oxygens (including phenoxy) is 1. The van der Waals surface area contributed by atoms with E-state index in [1.807, 2.05) is 50.2 Å². The Labute approximate surface area is 138 Å². The number of benzene rings is 1. The molecule has 1 aromatic carbocycles. The van der Waals surface area contributed by atoms with Gasteiger partial charge in [0.1, 0.15) is 11.5 Å². The van der Waals surface area contributed by atoms with Gasteiger partial charge in [0.2, 0.25) is 0 Å². The topological polar surface area (TPSA) is 78.4 Å². The van der Waals surface area contributed by atoms with E-state index in [4.69, 9.17) is 13.6 Å². The summed E-state index contributed by atoms with van der Waals surface area (Å²) in [4.78, 5) is 11.7. The number of aryl methyl sites for hydroxylation is 2. The van der Waals surface area contributed by atoms with Crippen LogP contribution < -0.4 is 0 Å². The Kier molecular flexibility index (Phi) is 4.56. The number of furan rings is 1. The lowest BCUT2D eigenvalue weighted by molar-refractivity contribution is -0.139. The molecule has 122 valence electrons. The van der Waals surface area contributed by atoms with Crippen LogP contribution in [0.25, 0.3) is 17.5 Å². The Morgan fingerprint density at radius 3 is 2.67 bits per heavy atom. The fourth-order valence-corrected chi connectivity index (χ4v) is 2.17. The summed E-state index contributed by atoms with van der Waals surface area (Å²) in [7, 11) is 0. The highest BCUT2D eigenvalue weighted by molar-refractivity contribution is 5.86. The Morgan fingerprint density at radius 2 is 1.96 bits per heavy atom. The van der Waals surface area contributed by atoms with Crippen molar-refractivity contribution >= 4 is 12.0 Å². The van der Waals surface area contributed by atoms with Crippen molar-refractivity contribution in [2.45, 2.75) is 20.5 Å². The highest BCUT2D eigenvalue weighted by Crippen LogP contribution is 2.25. The smallest absolute Gasteiger partial charge is 0.331 e. The third-order valence-electron chi connectivity index (χ3n) is 3.29. The average molecular weight is 324 g/mol. The van der Waals surface area contributed by atoms with E-state index in [9.17, 15) is 4.79 Å². The molecule has 2 aromatic heterocycles. The summed E-state index contributed by atoms with van der Waals surface area (Å²) < 4.78 is 16.0. The molecule has 0 spiro atoms. The van der Waals surface area contributed by atoms with Crippen LogP contribution in [0.3, 0.4) is 0 Å². The maximum absolute atomic E-state index is 11.7. The number of carbonyl (C=O) groups excluding carboxylic acids is 1. The molecular formula is C18H16N2O4. The fraction of sp³-hybridized carbons (Fsp3) is 0.167. The molecule has 0 amide bonds. The van der Waals surface area contributed by atoms with Gasteiger partial charge in [-0.15, -0.1) is 10.2 Å². The van der Waals surface area contributed by atoms with Gasteiger partial charge in [-0.3, -0.25) is 0 Å². The van der Waals surface area contributed by atoms with Crippen LogP contribution in [0.1, 0.15) is 23.0 Å². The number of esters is 1. The monoisotopic (exact) mass is 324 g/mol. The third-order valence-corrected chi connectivity index (χ3v) is 3.29. The van der Waals surface area contributed by atoms with Gasteiger partial charge >= 0.3 is 5.97 Å². The van der Waals surface area contributed by atoms with Crippen LogP contribution in [-0.2, 0) is 16.1 Å². The lowest BCUT2D eigenvalue weighted by atomic mass is 10.2. The van der Waals surface area contributed by atoms with Crippen molar-refractivity contribution in [3.05, 3.63) is 65.4 Å². The molecule has 0 saturated heterocycles. The molecular weight excluding hydrogens is 308 g/mol. The summed E-state index contributed by atoms with van der Waals surface area (Å²) >= 11 is 0. The molecule has 0 N–H and O–H groups in total. The zero-order valence-electron chi connectivity index (χ0n) is 13.4. The second-order valence-electron chi connectivity index (χ2n) is 5.18. The Morgan fingerprint density at radius 1 is 1.17 bits per heavy atom. The Balaban J connectivity index is 1.58. The second-order valence-corrected chi connectivity index (χ2v) is 5.18. The lowest BCUT2D eigenvalue weighted by Crippen LogP contribution is -2.00. The first-order valence-electron chi connectivity index (χ1n) is 7.41. The summed E-state index contributed by atoms with van der Waals surface area (Å²) in [6.45, 7) is 3.58. The first kappa shape index (κ1) is 15.7. The zero-order chi connectivity index (χ0) is 16.9. The van der Waals surface area contributed by atoms with Crippen molar-refractivity contribution in [1.29, 1.82) is 0 Å². The van der Waals surface area contributed by atoms with Crippen LogP contribution in [0.5, 0.6) is 0 Å². The molecule has 3 rings (SSSR count). The molecule has 0 fully saturated rings. The second kappa shape index (κ2) is 6.95. The van der Waals surface area contributed by atoms with Gasteiger partial charge in [0.05, 0.1) is 5.56 Å². The highest BCUT2D eigenvalue weighted by atomic mass is 16.5. The first-order valence-corrected chi connectivity index (χ1v) is 7.41. The third kappa shape index (κ3) is 3.78. The van der Waals surface area contributed by atoms with Gasteiger partial charge in [0, 0.05) is 6.08 Å². The largest absolute Gasteiger partial charge is 0.466 e. The van der Waals surface area contributed by atoms with Crippen LogP contribution >= 0.6 is 0 Å². The van der Waals surface area contributed by atoms with Crippen molar-refractivity contribution in [3.63, 3.8) is 0 Å². The van der Waals surface area contributed by atoms with E-state index in [1.165, 1.54) is 6.08 Å². The fourth-order valence-electron chi connectivity index (χ4n) is 2.17. The summed E-state index contributed by atoms with van der Waals surface area (Å²) in [6, 6.07) is 11.3. The molecule has 6 heteroatoms. The molecule has 0 radical (unpaired) electrons. The molecule has 0 unspecified atom stereocenters. The number of hydrogen-bond donors (Lipinski definition) is 0. The molecule has 0 atom stereocenters. The van der Waals surface area contributed by atoms with Crippen molar-refractivity contribution < 1.29 is 18.4 Å². The molecule has 0 aliphatic carbocycles. The number of carbonyl (C=O) groups is 1. The molecule has 0 bridgehead atoms. The molecule has 2 heterocycles. The number of rotatable bonds is 5. The van der Waals surface area contributed by atoms with Crippen LogP contribution in [0, 0.1) is 13.8 Å². The van der Waals surface area contributed by atoms with Crippen LogP contribution in [-0.4, -0.2) is 16.2 Å². The molecule has 0 aliphatic rings. The molecule has 6 nitrogen and oxygen atoms in total.